The molecule has 0 amide bonds. The molecule has 0 fully saturated rings. The summed E-state index contributed by atoms with van der Waals surface area (Å²) >= 11 is 7.06. The largest absolute Gasteiger partial charge is 0.465 e. The number of hydrogen-bond donors (Lipinski definition) is 1. The second-order valence-electron chi connectivity index (χ2n) is 4.97. The van der Waals surface area contributed by atoms with Gasteiger partial charge in [-0.1, -0.05) is 11.6 Å². The van der Waals surface area contributed by atoms with Crippen molar-refractivity contribution in [1.82, 2.24) is 9.78 Å². The summed E-state index contributed by atoms with van der Waals surface area (Å²) in [5.41, 5.74) is -0.0332. The van der Waals surface area contributed by atoms with E-state index in [9.17, 15) is 18.0 Å². The SMILES string of the molecule is COC(=O)c1cnn2c1NC(c1ccc(Cl)s1)CC2C(F)(F)F. The molecule has 0 saturated carbocycles. The minimum absolute atomic E-state index is 0.0000487. The Morgan fingerprint density at radius 1 is 1.52 bits per heavy atom. The Morgan fingerprint density at radius 2 is 2.26 bits per heavy atom. The highest BCUT2D eigenvalue weighted by atomic mass is 35.5. The van der Waals surface area contributed by atoms with E-state index in [4.69, 9.17) is 11.6 Å². The molecule has 0 spiro atoms. The van der Waals surface area contributed by atoms with Gasteiger partial charge in [-0.15, -0.1) is 11.3 Å². The number of alkyl halides is 3. The zero-order valence-corrected chi connectivity index (χ0v) is 13.3. The van der Waals surface area contributed by atoms with Crippen molar-refractivity contribution in [2.75, 3.05) is 12.4 Å². The molecule has 0 radical (unpaired) electrons. The highest BCUT2D eigenvalue weighted by molar-refractivity contribution is 7.16. The van der Waals surface area contributed by atoms with Gasteiger partial charge < -0.3 is 10.1 Å². The van der Waals surface area contributed by atoms with Crippen LogP contribution in [0.5, 0.6) is 0 Å². The van der Waals surface area contributed by atoms with Crippen LogP contribution in [0.25, 0.3) is 0 Å². The van der Waals surface area contributed by atoms with Gasteiger partial charge in [-0.2, -0.15) is 18.3 Å². The summed E-state index contributed by atoms with van der Waals surface area (Å²) in [6.45, 7) is 0. The molecule has 0 aromatic carbocycles. The molecule has 1 N–H and O–H groups in total. The van der Waals surface area contributed by atoms with E-state index in [-0.39, 0.29) is 17.8 Å². The normalized spacial score (nSPS) is 20.7. The first-order valence-corrected chi connectivity index (χ1v) is 7.75. The Kier molecular flexibility index (Phi) is 4.01. The minimum Gasteiger partial charge on any atom is -0.465 e. The summed E-state index contributed by atoms with van der Waals surface area (Å²) in [5.74, 6) is -0.746. The molecule has 0 saturated heterocycles. The van der Waals surface area contributed by atoms with E-state index >= 15 is 0 Å². The Bertz CT molecular complexity index is 743. The second kappa shape index (κ2) is 5.72. The van der Waals surface area contributed by atoms with Crippen molar-refractivity contribution >= 4 is 34.7 Å². The number of aromatic nitrogens is 2. The summed E-state index contributed by atoms with van der Waals surface area (Å²) in [6, 6.07) is 0.843. The van der Waals surface area contributed by atoms with Crippen LogP contribution in [0.2, 0.25) is 4.34 Å². The van der Waals surface area contributed by atoms with E-state index in [0.29, 0.717) is 9.21 Å². The lowest BCUT2D eigenvalue weighted by atomic mass is 10.0. The highest BCUT2D eigenvalue weighted by Crippen LogP contribution is 2.45. The Hall–Kier alpha value is -1.74. The van der Waals surface area contributed by atoms with E-state index in [1.165, 1.54) is 11.3 Å². The Balaban J connectivity index is 2.05. The highest BCUT2D eigenvalue weighted by Gasteiger charge is 2.47. The number of methoxy groups -OCH3 is 1. The summed E-state index contributed by atoms with van der Waals surface area (Å²) in [4.78, 5) is 12.4. The van der Waals surface area contributed by atoms with E-state index in [0.717, 1.165) is 18.0 Å². The van der Waals surface area contributed by atoms with Crippen molar-refractivity contribution in [3.8, 4) is 0 Å². The Labute approximate surface area is 138 Å². The standard InChI is InChI=1S/C13H11ClF3N3O2S/c1-22-12(21)6-5-18-20-9(13(15,16)17)4-7(19-11(6)20)8-2-3-10(14)23-8/h2-3,5,7,9,19H,4H2,1H3. The van der Waals surface area contributed by atoms with Crippen LogP contribution in [0, 0.1) is 0 Å². The van der Waals surface area contributed by atoms with Crippen LogP contribution in [-0.4, -0.2) is 29.0 Å². The number of esters is 1. The molecule has 10 heteroatoms. The number of rotatable bonds is 2. The maximum Gasteiger partial charge on any atom is 0.410 e. The van der Waals surface area contributed by atoms with Crippen LogP contribution < -0.4 is 5.32 Å². The maximum atomic E-state index is 13.4. The number of anilines is 1. The number of carbonyl (C=O) groups excluding carboxylic acids is 1. The van der Waals surface area contributed by atoms with E-state index in [1.807, 2.05) is 0 Å². The number of thiophene rings is 1. The number of ether oxygens (including phenoxy) is 1. The first kappa shape index (κ1) is 16.1. The van der Waals surface area contributed by atoms with Gasteiger partial charge in [-0.3, -0.25) is 0 Å². The molecule has 23 heavy (non-hydrogen) atoms. The van der Waals surface area contributed by atoms with E-state index in [2.05, 4.69) is 15.2 Å². The van der Waals surface area contributed by atoms with Gasteiger partial charge in [0.15, 0.2) is 6.04 Å². The van der Waals surface area contributed by atoms with Gasteiger partial charge in [-0.05, 0) is 12.1 Å². The zero-order valence-electron chi connectivity index (χ0n) is 11.7. The van der Waals surface area contributed by atoms with Crippen molar-refractivity contribution in [2.24, 2.45) is 0 Å². The quantitative estimate of drug-likeness (QED) is 0.816. The van der Waals surface area contributed by atoms with Crippen LogP contribution >= 0.6 is 22.9 Å². The van der Waals surface area contributed by atoms with E-state index < -0.39 is 24.2 Å². The molecule has 0 aliphatic carbocycles. The van der Waals surface area contributed by atoms with Gasteiger partial charge in [0.1, 0.15) is 11.4 Å². The summed E-state index contributed by atoms with van der Waals surface area (Å²) in [7, 11) is 1.16. The first-order valence-electron chi connectivity index (χ1n) is 6.55. The molecule has 2 unspecified atom stereocenters. The number of fused-ring (bicyclic) bond motifs is 1. The number of nitrogens with one attached hydrogen (secondary N) is 1. The van der Waals surface area contributed by atoms with Gasteiger partial charge in [0, 0.05) is 11.3 Å². The molecule has 124 valence electrons. The molecular weight excluding hydrogens is 355 g/mol. The van der Waals surface area contributed by atoms with Crippen LogP contribution in [0.15, 0.2) is 18.3 Å². The molecular formula is C13H11ClF3N3O2S. The van der Waals surface area contributed by atoms with Gasteiger partial charge in [-0.25, -0.2) is 9.48 Å². The van der Waals surface area contributed by atoms with Crippen LogP contribution in [0.3, 0.4) is 0 Å². The van der Waals surface area contributed by atoms with Crippen molar-refractivity contribution in [1.29, 1.82) is 0 Å². The first-order chi connectivity index (χ1) is 10.8. The zero-order chi connectivity index (χ0) is 16.8. The summed E-state index contributed by atoms with van der Waals surface area (Å²) in [5, 5.41) is 6.66. The van der Waals surface area contributed by atoms with Crippen molar-refractivity contribution in [3.63, 3.8) is 0 Å². The van der Waals surface area contributed by atoms with Gasteiger partial charge >= 0.3 is 12.1 Å². The number of nitrogens with zero attached hydrogens (tertiary/aromatic N) is 2. The third-order valence-corrected chi connectivity index (χ3v) is 4.93. The van der Waals surface area contributed by atoms with Crippen LogP contribution in [-0.2, 0) is 4.74 Å². The predicted octanol–water partition coefficient (Wildman–Crippen LogP) is 4.04. The number of hydrogen-bond acceptors (Lipinski definition) is 5. The fraction of sp³-hybridized carbons (Fsp3) is 0.385. The Morgan fingerprint density at radius 3 is 2.83 bits per heavy atom. The summed E-state index contributed by atoms with van der Waals surface area (Å²) in [6.07, 6.45) is -3.65. The molecule has 0 bridgehead atoms. The topological polar surface area (TPSA) is 56.1 Å². The average Bonchev–Trinajstić information content (AvgIpc) is 3.10. The smallest absolute Gasteiger partial charge is 0.410 e. The lowest BCUT2D eigenvalue weighted by Gasteiger charge is -2.33. The third-order valence-electron chi connectivity index (χ3n) is 3.58. The molecule has 2 aromatic heterocycles. The average molecular weight is 366 g/mol. The van der Waals surface area contributed by atoms with Crippen molar-refractivity contribution < 1.29 is 22.7 Å². The van der Waals surface area contributed by atoms with Crippen molar-refractivity contribution in [2.45, 2.75) is 24.7 Å². The van der Waals surface area contributed by atoms with Crippen LogP contribution in [0.4, 0.5) is 19.0 Å². The van der Waals surface area contributed by atoms with Crippen molar-refractivity contribution in [3.05, 3.63) is 33.1 Å². The molecule has 3 heterocycles. The van der Waals surface area contributed by atoms with Gasteiger partial charge in [0.2, 0.25) is 0 Å². The number of halogens is 4. The monoisotopic (exact) mass is 365 g/mol. The second-order valence-corrected chi connectivity index (χ2v) is 6.72. The molecule has 3 rings (SSSR count). The lowest BCUT2D eigenvalue weighted by Crippen LogP contribution is -2.35. The molecule has 1 aliphatic rings. The predicted molar refractivity (Wildman–Crippen MR) is 79.0 cm³/mol. The van der Waals surface area contributed by atoms with Gasteiger partial charge in [0.25, 0.3) is 0 Å². The fourth-order valence-corrected chi connectivity index (χ4v) is 3.65. The molecule has 2 atom stereocenters. The summed E-state index contributed by atoms with van der Waals surface area (Å²) < 4.78 is 46.0. The lowest BCUT2D eigenvalue weighted by molar-refractivity contribution is -0.173. The number of carbonyl (C=O) groups is 1. The van der Waals surface area contributed by atoms with Gasteiger partial charge in [0.05, 0.1) is 23.7 Å². The maximum absolute atomic E-state index is 13.4. The molecule has 2 aromatic rings. The fourth-order valence-electron chi connectivity index (χ4n) is 2.52. The molecule has 5 nitrogen and oxygen atoms in total. The van der Waals surface area contributed by atoms with E-state index in [1.54, 1.807) is 12.1 Å². The minimum atomic E-state index is -4.49. The molecule has 1 aliphatic heterocycles. The van der Waals surface area contributed by atoms with Crippen LogP contribution in [0.1, 0.15) is 33.7 Å². The third kappa shape index (κ3) is 2.90.